The van der Waals surface area contributed by atoms with Gasteiger partial charge in [-0.3, -0.25) is 0 Å². The molecule has 0 spiro atoms. The Morgan fingerprint density at radius 3 is 2.32 bits per heavy atom. The van der Waals surface area contributed by atoms with E-state index >= 15 is 0 Å². The molecule has 1 aliphatic heterocycles. The zero-order valence-electron chi connectivity index (χ0n) is 18.5. The Kier molecular flexibility index (Phi) is 5.13. The van der Waals surface area contributed by atoms with Gasteiger partial charge in [-0.25, -0.2) is 0 Å². The van der Waals surface area contributed by atoms with Crippen LogP contribution in [-0.2, 0) is 0 Å². The number of hydrogen-bond acceptors (Lipinski definition) is 3. The SMILES string of the molecule is C=c1ccc2c(c1)[Si](C)(C)c1cc(C)ccc1C=2c1cc(N=[N+]=[N-])c(OC)cc1OC. The molecule has 1 aliphatic rings. The van der Waals surface area contributed by atoms with Crippen molar-refractivity contribution in [3.8, 4) is 11.5 Å². The molecule has 0 radical (unpaired) electrons. The molecule has 0 saturated carbocycles. The number of methoxy groups -OCH3 is 2. The first kappa shape index (κ1) is 20.8. The molecule has 3 aromatic rings. The van der Waals surface area contributed by atoms with Crippen LogP contribution in [0.1, 0.15) is 16.7 Å². The van der Waals surface area contributed by atoms with Crippen molar-refractivity contribution in [1.82, 2.24) is 0 Å². The Hall–Kier alpha value is -3.47. The molecule has 4 rings (SSSR count). The maximum absolute atomic E-state index is 9.08. The number of fused-ring (bicyclic) bond motifs is 2. The fraction of sp³-hybridized carbons (Fsp3) is 0.200. The van der Waals surface area contributed by atoms with Crippen LogP contribution in [-0.4, -0.2) is 22.3 Å². The topological polar surface area (TPSA) is 67.2 Å². The molecular formula is C25H25N3O2Si. The summed E-state index contributed by atoms with van der Waals surface area (Å²) in [6.45, 7) is 11.1. The maximum atomic E-state index is 9.08. The quantitative estimate of drug-likeness (QED) is 0.275. The summed E-state index contributed by atoms with van der Waals surface area (Å²) in [4.78, 5) is 2.98. The molecule has 0 atom stereocenters. The molecule has 5 nitrogen and oxygen atoms in total. The Balaban J connectivity index is 2.22. The van der Waals surface area contributed by atoms with Crippen molar-refractivity contribution >= 4 is 36.3 Å². The van der Waals surface area contributed by atoms with E-state index < -0.39 is 8.07 Å². The lowest BCUT2D eigenvalue weighted by atomic mass is 9.92. The van der Waals surface area contributed by atoms with Crippen LogP contribution in [0.5, 0.6) is 11.5 Å². The predicted molar refractivity (Wildman–Crippen MR) is 129 cm³/mol. The Bertz CT molecular complexity index is 1370. The summed E-state index contributed by atoms with van der Waals surface area (Å²) in [5.74, 6) is 1.14. The van der Waals surface area contributed by atoms with Crippen LogP contribution in [0.4, 0.5) is 5.69 Å². The van der Waals surface area contributed by atoms with Crippen LogP contribution < -0.4 is 30.3 Å². The van der Waals surface area contributed by atoms with Gasteiger partial charge in [0.2, 0.25) is 0 Å². The summed E-state index contributed by atoms with van der Waals surface area (Å²) >= 11 is 0. The van der Waals surface area contributed by atoms with E-state index in [2.05, 4.69) is 67.0 Å². The van der Waals surface area contributed by atoms with Gasteiger partial charge in [0, 0.05) is 16.5 Å². The molecule has 0 bridgehead atoms. The standard InChI is InChI=1S/C25H25N3O2Si/c1-15-7-9-17-23(11-15)31(5,6)24-12-16(2)8-10-18(24)25(17)19-13-20(27-28-26)22(30-4)14-21(19)29-3/h7-14H,1H2,2-6H3. The fourth-order valence-electron chi connectivity index (χ4n) is 4.50. The van der Waals surface area contributed by atoms with Crippen molar-refractivity contribution in [2.75, 3.05) is 14.2 Å². The number of hydrogen-bond donors (Lipinski definition) is 0. The van der Waals surface area contributed by atoms with Gasteiger partial charge >= 0.3 is 0 Å². The first-order valence-corrected chi connectivity index (χ1v) is 13.1. The molecule has 0 unspecified atom stereocenters. The van der Waals surface area contributed by atoms with E-state index in [1.54, 1.807) is 20.3 Å². The number of azide groups is 1. The van der Waals surface area contributed by atoms with Crippen LogP contribution in [0.15, 0.2) is 53.6 Å². The minimum atomic E-state index is -1.95. The third-order valence-corrected chi connectivity index (χ3v) is 9.59. The maximum Gasteiger partial charge on any atom is 0.132 e. The summed E-state index contributed by atoms with van der Waals surface area (Å²) in [6.07, 6.45) is 0. The zero-order valence-corrected chi connectivity index (χ0v) is 19.5. The van der Waals surface area contributed by atoms with Crippen molar-refractivity contribution in [2.45, 2.75) is 20.0 Å². The molecular weight excluding hydrogens is 402 g/mol. The van der Waals surface area contributed by atoms with Crippen LogP contribution in [0.3, 0.4) is 0 Å². The van der Waals surface area contributed by atoms with Gasteiger partial charge in [-0.15, -0.1) is 0 Å². The van der Waals surface area contributed by atoms with E-state index in [9.17, 15) is 0 Å². The number of nitrogens with zero attached hydrogens (tertiary/aromatic N) is 3. The molecule has 0 N–H and O–H groups in total. The van der Waals surface area contributed by atoms with Gasteiger partial charge in [-0.1, -0.05) is 66.7 Å². The molecule has 156 valence electrons. The van der Waals surface area contributed by atoms with Crippen molar-refractivity contribution in [1.29, 1.82) is 0 Å². The Labute approximate surface area is 182 Å². The first-order valence-electron chi connectivity index (χ1n) is 10.1. The number of ether oxygens (including phenoxy) is 2. The number of aryl methyl sites for hydroxylation is 1. The third kappa shape index (κ3) is 3.30. The lowest BCUT2D eigenvalue weighted by molar-refractivity contribution is 0.394. The van der Waals surface area contributed by atoms with Crippen molar-refractivity contribution < 1.29 is 9.47 Å². The molecule has 3 aromatic carbocycles. The largest absolute Gasteiger partial charge is 0.496 e. The molecule has 6 heteroatoms. The van der Waals surface area contributed by atoms with E-state index in [1.165, 1.54) is 26.7 Å². The van der Waals surface area contributed by atoms with Crippen molar-refractivity contribution in [3.05, 3.63) is 86.1 Å². The first-order chi connectivity index (χ1) is 14.8. The highest BCUT2D eigenvalue weighted by Gasteiger charge is 2.35. The highest BCUT2D eigenvalue weighted by molar-refractivity contribution is 7.01. The second-order valence-electron chi connectivity index (χ2n) is 8.34. The minimum Gasteiger partial charge on any atom is -0.496 e. The molecule has 0 amide bonds. The Morgan fingerprint density at radius 2 is 1.65 bits per heavy atom. The summed E-state index contributed by atoms with van der Waals surface area (Å²) in [5.41, 5.74) is 13.9. The number of benzene rings is 3. The van der Waals surface area contributed by atoms with Gasteiger partial charge in [-0.05, 0) is 50.5 Å². The van der Waals surface area contributed by atoms with Crippen molar-refractivity contribution in [3.63, 3.8) is 0 Å². The monoisotopic (exact) mass is 427 g/mol. The molecule has 0 saturated heterocycles. The predicted octanol–water partition coefficient (Wildman–Crippen LogP) is 3.75. The van der Waals surface area contributed by atoms with Gasteiger partial charge in [0.25, 0.3) is 0 Å². The van der Waals surface area contributed by atoms with Gasteiger partial charge < -0.3 is 9.47 Å². The zero-order chi connectivity index (χ0) is 22.3. The molecule has 1 heterocycles. The van der Waals surface area contributed by atoms with Crippen LogP contribution in [0.25, 0.3) is 22.6 Å². The molecule has 0 aromatic heterocycles. The van der Waals surface area contributed by atoms with Crippen LogP contribution in [0, 0.1) is 6.92 Å². The van der Waals surface area contributed by atoms with E-state index in [1.807, 2.05) is 12.1 Å². The van der Waals surface area contributed by atoms with E-state index in [0.717, 1.165) is 16.4 Å². The van der Waals surface area contributed by atoms with E-state index in [-0.39, 0.29) is 0 Å². The second kappa shape index (κ2) is 7.65. The smallest absolute Gasteiger partial charge is 0.132 e. The molecule has 31 heavy (non-hydrogen) atoms. The van der Waals surface area contributed by atoms with Gasteiger partial charge in [0.05, 0.1) is 19.9 Å². The number of rotatable bonds is 4. The highest BCUT2D eigenvalue weighted by atomic mass is 28.3. The summed E-state index contributed by atoms with van der Waals surface area (Å²) < 4.78 is 11.2. The molecule has 0 fully saturated rings. The van der Waals surface area contributed by atoms with Crippen LogP contribution in [0.2, 0.25) is 13.1 Å². The second-order valence-corrected chi connectivity index (χ2v) is 12.7. The Morgan fingerprint density at radius 1 is 0.903 bits per heavy atom. The lowest BCUT2D eigenvalue weighted by Crippen LogP contribution is -2.63. The van der Waals surface area contributed by atoms with Gasteiger partial charge in [-0.2, -0.15) is 0 Å². The molecule has 0 aliphatic carbocycles. The van der Waals surface area contributed by atoms with E-state index in [0.29, 0.717) is 17.2 Å². The third-order valence-electron chi connectivity index (χ3n) is 6.07. The minimum absolute atomic E-state index is 0.430. The summed E-state index contributed by atoms with van der Waals surface area (Å²) in [7, 11) is 1.24. The van der Waals surface area contributed by atoms with E-state index in [4.69, 9.17) is 15.0 Å². The lowest BCUT2D eigenvalue weighted by Gasteiger charge is -2.33. The average Bonchev–Trinajstić information content (AvgIpc) is 2.75. The fourth-order valence-corrected chi connectivity index (χ4v) is 7.69. The van der Waals surface area contributed by atoms with Crippen LogP contribution >= 0.6 is 0 Å². The summed E-state index contributed by atoms with van der Waals surface area (Å²) in [6, 6.07) is 16.7. The highest BCUT2D eigenvalue weighted by Crippen LogP contribution is 2.40. The average molecular weight is 428 g/mol. The summed E-state index contributed by atoms with van der Waals surface area (Å²) in [5, 5.41) is 8.77. The van der Waals surface area contributed by atoms with Gasteiger partial charge in [0.15, 0.2) is 0 Å². The normalized spacial score (nSPS) is 13.6. The van der Waals surface area contributed by atoms with Gasteiger partial charge in [0.1, 0.15) is 19.6 Å². The van der Waals surface area contributed by atoms with Crippen molar-refractivity contribution in [2.24, 2.45) is 5.11 Å².